The van der Waals surface area contributed by atoms with Crippen molar-refractivity contribution in [3.63, 3.8) is 0 Å². The molecule has 0 aliphatic heterocycles. The molecule has 17 heteroatoms. The van der Waals surface area contributed by atoms with Crippen LogP contribution in [0, 0.1) is 217 Å². The smallest absolute Gasteiger partial charge is 0.168 e. The van der Waals surface area contributed by atoms with E-state index in [2.05, 4.69) is 6.07 Å². The topological polar surface area (TPSA) is 347 Å². The van der Waals surface area contributed by atoms with Crippen LogP contribution in [0.25, 0.3) is 0 Å². The van der Waals surface area contributed by atoms with Gasteiger partial charge in [-0.2, -0.15) is 5.26 Å². The summed E-state index contributed by atoms with van der Waals surface area (Å²) in [4.78, 5) is 0. The van der Waals surface area contributed by atoms with Gasteiger partial charge in [-0.05, 0) is 466 Å². The van der Waals surface area contributed by atoms with E-state index in [0.29, 0.717) is 70.0 Å². The molecule has 38 aliphatic carbocycles. The average molecular weight is 1650 g/mol. The lowest BCUT2D eigenvalue weighted by molar-refractivity contribution is -0.289. The van der Waals surface area contributed by atoms with Crippen molar-refractivity contribution >= 4 is 0 Å². The maximum absolute atomic E-state index is 11.2. The first-order valence-electron chi connectivity index (χ1n) is 51.3. The van der Waals surface area contributed by atoms with E-state index in [1.807, 2.05) is 0 Å². The molecule has 0 amide bonds. The average Bonchev–Trinajstić information content (AvgIpc) is 1.35. The van der Waals surface area contributed by atoms with Crippen molar-refractivity contribution in [1.82, 2.24) is 0 Å². The quantitative estimate of drug-likeness (QED) is 0.117. The molecule has 1 spiro atoms. The maximum atomic E-state index is 11.2. The van der Waals surface area contributed by atoms with Gasteiger partial charge in [0, 0.05) is 35.0 Å². The third kappa shape index (κ3) is 12.1. The van der Waals surface area contributed by atoms with E-state index in [1.165, 1.54) is 109 Å². The molecule has 38 aliphatic rings. The third-order valence-electron chi connectivity index (χ3n) is 46.2. The molecule has 0 heterocycles. The minimum absolute atomic E-state index is 0.0339. The highest BCUT2D eigenvalue weighted by Crippen LogP contribution is 3.07. The minimum atomic E-state index is -1.32. The van der Waals surface area contributed by atoms with E-state index in [4.69, 9.17) is 15.5 Å². The molecule has 0 radical (unpaired) electrons. The molecule has 0 saturated heterocycles. The zero-order valence-electron chi connectivity index (χ0n) is 72.0. The van der Waals surface area contributed by atoms with Crippen LogP contribution in [-0.4, -0.2) is 168 Å². The van der Waals surface area contributed by atoms with E-state index >= 15 is 0 Å². The van der Waals surface area contributed by atoms with Crippen LogP contribution in [0.2, 0.25) is 0 Å². The largest absolute Gasteiger partial charge is 0.393 e. The second-order valence-corrected chi connectivity index (χ2v) is 52.3. The molecule has 26 atom stereocenters. The number of nitriles is 1. The molecule has 664 valence electrons. The second kappa shape index (κ2) is 27.3. The Bertz CT molecular complexity index is 3630. The number of fused-ring (bicyclic) bond motifs is 11. The van der Waals surface area contributed by atoms with E-state index < -0.39 is 11.4 Å². The number of rotatable bonds is 3. The normalized spacial score (nSPS) is 64.4. The SMILES string of the molecule is N#CCC1(O)C2CC3CC(C2)C(O)C1C3.OC1(O)C2CCCCC2C2CCCCC21.OC12CC3C4(O)C(C1)C324.OC12CC3C4CC5(O)CC3C(C1)C(C5)C4C2.OC12CC3CC(C1)C(C1C4CC5CC1CC(O)(C5)C4)C(C3)C2.OC12CC3CC(C1)CC(C14CC5CC(CC(O)(C5)C1)C4)(C3)C2.OC1CC2CC1C1CCC(O)C21.OC1CCC(O)CC1. The van der Waals surface area contributed by atoms with E-state index in [0.717, 1.165) is 318 Å². The number of hydrogen-bond acceptors (Lipinski definition) is 17. The fourth-order valence-electron chi connectivity index (χ4n) is 44.1. The van der Waals surface area contributed by atoms with Gasteiger partial charge >= 0.3 is 0 Å². The van der Waals surface area contributed by atoms with Crippen LogP contribution < -0.4 is 0 Å². The molecule has 0 aromatic carbocycles. The van der Waals surface area contributed by atoms with Gasteiger partial charge in [-0.1, -0.05) is 25.7 Å². The summed E-state index contributed by atoms with van der Waals surface area (Å²) in [6.07, 6.45) is 55.6. The predicted molar refractivity (Wildman–Crippen MR) is 442 cm³/mol. The Balaban J connectivity index is 0.0000000789. The first-order valence-corrected chi connectivity index (χ1v) is 51.3. The van der Waals surface area contributed by atoms with E-state index in [1.54, 1.807) is 0 Å². The molecule has 16 N–H and O–H groups in total. The van der Waals surface area contributed by atoms with Gasteiger partial charge < -0.3 is 81.7 Å². The minimum Gasteiger partial charge on any atom is -0.393 e. The number of nitrogens with zero attached hydrogens (tertiary/aromatic N) is 1. The summed E-state index contributed by atoms with van der Waals surface area (Å²) >= 11 is 0. The predicted octanol–water partition coefficient (Wildman–Crippen LogP) is 12.5. The summed E-state index contributed by atoms with van der Waals surface area (Å²) in [5, 5.41) is 172. The molecule has 17 nitrogen and oxygen atoms in total. The van der Waals surface area contributed by atoms with Gasteiger partial charge in [-0.3, -0.25) is 0 Å². The fraction of sp³-hybridized carbons (Fsp3) is 0.990. The van der Waals surface area contributed by atoms with Crippen molar-refractivity contribution in [2.24, 2.45) is 206 Å². The Labute approximate surface area is 709 Å². The summed E-state index contributed by atoms with van der Waals surface area (Å²) in [5.41, 5.74) is -2.55. The molecule has 38 fully saturated rings. The fourth-order valence-corrected chi connectivity index (χ4v) is 44.1. The van der Waals surface area contributed by atoms with Crippen LogP contribution in [0.4, 0.5) is 0 Å². The molecule has 119 heavy (non-hydrogen) atoms. The number of hydrogen-bond donors (Lipinski definition) is 16. The Hall–Kier alpha value is -1.15. The van der Waals surface area contributed by atoms with Gasteiger partial charge in [-0.15, -0.1) is 0 Å². The Morgan fingerprint density at radius 3 is 1.08 bits per heavy atom. The van der Waals surface area contributed by atoms with Crippen molar-refractivity contribution in [1.29, 1.82) is 5.26 Å². The Kier molecular flexibility index (Phi) is 18.6. The van der Waals surface area contributed by atoms with Gasteiger partial charge in [0.05, 0.1) is 93.4 Å². The summed E-state index contributed by atoms with van der Waals surface area (Å²) in [6.45, 7) is 0. The first kappa shape index (κ1) is 81.1. The summed E-state index contributed by atoms with van der Waals surface area (Å²) in [5.74, 6) is 19.5. The van der Waals surface area contributed by atoms with Gasteiger partial charge in [0.15, 0.2) is 5.79 Å². The van der Waals surface area contributed by atoms with Crippen LogP contribution >= 0.6 is 0 Å². The molecule has 26 unspecified atom stereocenters. The molecule has 38 saturated carbocycles. The van der Waals surface area contributed by atoms with Crippen molar-refractivity contribution in [3.05, 3.63) is 0 Å². The Morgan fingerprint density at radius 2 is 0.697 bits per heavy atom. The molecule has 38 rings (SSSR count). The van der Waals surface area contributed by atoms with Crippen molar-refractivity contribution in [2.75, 3.05) is 0 Å². The second-order valence-electron chi connectivity index (χ2n) is 52.3. The lowest BCUT2D eigenvalue weighted by Crippen LogP contribution is -2.71. The molecular weight excluding hydrogens is 1500 g/mol. The van der Waals surface area contributed by atoms with Crippen molar-refractivity contribution in [2.45, 2.75) is 414 Å². The summed E-state index contributed by atoms with van der Waals surface area (Å²) < 4.78 is 0. The number of aliphatic hydroxyl groups is 16. The van der Waals surface area contributed by atoms with Crippen LogP contribution in [-0.2, 0) is 0 Å². The zero-order chi connectivity index (χ0) is 81.6. The van der Waals surface area contributed by atoms with Crippen LogP contribution in [0.5, 0.6) is 0 Å². The lowest BCUT2D eigenvalue weighted by atomic mass is 9.34. The van der Waals surface area contributed by atoms with Crippen molar-refractivity contribution < 1.29 is 81.7 Å². The highest BCUT2D eigenvalue weighted by molar-refractivity contribution is 5.62. The van der Waals surface area contributed by atoms with E-state index in [9.17, 15) is 71.5 Å². The van der Waals surface area contributed by atoms with Gasteiger partial charge in [0.2, 0.25) is 0 Å². The summed E-state index contributed by atoms with van der Waals surface area (Å²) in [7, 11) is 0. The van der Waals surface area contributed by atoms with Crippen LogP contribution in [0.15, 0.2) is 0 Å². The maximum Gasteiger partial charge on any atom is 0.168 e. The summed E-state index contributed by atoms with van der Waals surface area (Å²) in [6, 6.07) is 2.10. The van der Waals surface area contributed by atoms with Crippen LogP contribution in [0.1, 0.15) is 327 Å². The highest BCUT2D eigenvalue weighted by Gasteiger charge is 3.14. The Morgan fingerprint density at radius 1 is 0.286 bits per heavy atom. The number of aliphatic hydroxyl groups excluding tert-OH is 5. The standard InChI is InChI=1S/2C20H30O2.C14H20O2.C13H22O2.C12H17NO2.C10H16O2.C7H8O2.C6H12O2/c21-19-7-13-1-14(8-19)4-17(3-13,11-19)18-5-15-2-16(6-18)10-20(22,9-15)12-18;21-19-5-11-1-13(7-19)17(14(2-11)8-19)18-15-3-12-4-16(18)10-20(22,6-12)9-15;15-13-1-7-8-4-14(16)5-9(7)11(3-13)12(6-14)10(8)2-13;14-13(15)11-7-3-1-5-9(11)10-6-2-4-8-12(10)13;13-2-1-12(15)9-4-7-3-8(6-9)11(14)10(12)5-7;11-8-2-1-6-7-3-5(10(6)8)4-9(7)12;8-5-1-3-6(5)4(2-5)7(3,6)9;7-5-1-2-6(8)4-3-5/h13-16,21-22H,1-12H2;11-18,21-22H,1-10H2;7-12,15-16H,1-6H2;9-12,14-15H,1-8H2;7-11,14-15H,1,3-6H2;5-12H,1-4H2;3-4,8-9H,1-2H2;5-8H,1-4H2. The molecule has 0 aromatic rings. The third-order valence-corrected chi connectivity index (χ3v) is 46.2. The highest BCUT2D eigenvalue weighted by atomic mass is 16.5. The molecule has 30 bridgehead atoms. The monoisotopic (exact) mass is 1650 g/mol. The van der Waals surface area contributed by atoms with Gasteiger partial charge in [0.1, 0.15) is 0 Å². The van der Waals surface area contributed by atoms with E-state index in [-0.39, 0.29) is 111 Å². The van der Waals surface area contributed by atoms with Gasteiger partial charge in [-0.25, -0.2) is 0 Å². The molecule has 0 aromatic heterocycles. The first-order chi connectivity index (χ1) is 56.6. The molecular formula is C102H155NO16. The zero-order valence-corrected chi connectivity index (χ0v) is 72.0. The van der Waals surface area contributed by atoms with Crippen molar-refractivity contribution in [3.8, 4) is 6.07 Å². The lowest BCUT2D eigenvalue weighted by Gasteiger charge is -2.73. The van der Waals surface area contributed by atoms with Crippen LogP contribution in [0.3, 0.4) is 0 Å². The van der Waals surface area contributed by atoms with Gasteiger partial charge in [0.25, 0.3) is 0 Å².